The smallest absolute Gasteiger partial charge is 0.251 e. The highest BCUT2D eigenvalue weighted by Crippen LogP contribution is 2.32. The van der Waals surface area contributed by atoms with E-state index < -0.39 is 0 Å². The zero-order valence-electron chi connectivity index (χ0n) is 16.8. The van der Waals surface area contributed by atoms with Gasteiger partial charge in [0.15, 0.2) is 0 Å². The Hall–Kier alpha value is -3.93. The Morgan fingerprint density at radius 3 is 2.63 bits per heavy atom. The lowest BCUT2D eigenvalue weighted by Crippen LogP contribution is -2.23. The summed E-state index contributed by atoms with van der Waals surface area (Å²) in [5.41, 5.74) is 4.17. The van der Waals surface area contributed by atoms with Crippen LogP contribution in [-0.2, 0) is 6.54 Å². The maximum absolute atomic E-state index is 12.7. The number of anilines is 1. The third kappa shape index (κ3) is 4.07. The van der Waals surface area contributed by atoms with Crippen LogP contribution in [0, 0.1) is 6.92 Å². The molecule has 0 fully saturated rings. The molecule has 0 radical (unpaired) electrons. The lowest BCUT2D eigenvalue weighted by atomic mass is 10.1. The monoisotopic (exact) mass is 398 g/mol. The number of amides is 1. The molecule has 30 heavy (non-hydrogen) atoms. The number of nitrogens with one attached hydrogen (secondary N) is 2. The van der Waals surface area contributed by atoms with Crippen molar-refractivity contribution < 1.29 is 9.53 Å². The predicted molar refractivity (Wildman–Crippen MR) is 118 cm³/mol. The molecule has 0 unspecified atom stereocenters. The van der Waals surface area contributed by atoms with Crippen LogP contribution >= 0.6 is 0 Å². The van der Waals surface area contributed by atoms with E-state index in [1.807, 2.05) is 62.5 Å². The van der Waals surface area contributed by atoms with Crippen molar-refractivity contribution in [2.45, 2.75) is 13.5 Å². The average molecular weight is 398 g/mol. The average Bonchev–Trinajstić information content (AvgIpc) is 2.79. The number of rotatable bonds is 6. The van der Waals surface area contributed by atoms with Crippen LogP contribution in [0.4, 0.5) is 5.69 Å². The number of carbonyl (C=O) groups is 1. The number of fused-ring (bicyclic) bond motifs is 1. The van der Waals surface area contributed by atoms with Gasteiger partial charge in [0.1, 0.15) is 11.5 Å². The molecule has 4 aromatic rings. The summed E-state index contributed by atoms with van der Waals surface area (Å²) >= 11 is 0. The van der Waals surface area contributed by atoms with Gasteiger partial charge in [0, 0.05) is 54.4 Å². The minimum Gasteiger partial charge on any atom is -0.456 e. The summed E-state index contributed by atoms with van der Waals surface area (Å²) in [5.74, 6) is 1.19. The zero-order valence-corrected chi connectivity index (χ0v) is 16.8. The third-order valence-electron chi connectivity index (χ3n) is 4.94. The molecule has 0 aliphatic carbocycles. The fourth-order valence-electron chi connectivity index (χ4n) is 3.23. The first-order valence-electron chi connectivity index (χ1n) is 9.67. The molecule has 0 aliphatic heterocycles. The Morgan fingerprint density at radius 2 is 1.83 bits per heavy atom. The van der Waals surface area contributed by atoms with Crippen LogP contribution in [-0.4, -0.2) is 22.9 Å². The van der Waals surface area contributed by atoms with E-state index in [-0.39, 0.29) is 5.91 Å². The van der Waals surface area contributed by atoms with Crippen LogP contribution in [0.15, 0.2) is 73.2 Å². The highest BCUT2D eigenvalue weighted by molar-refractivity contribution is 5.96. The molecular formula is C24H22N4O2. The van der Waals surface area contributed by atoms with E-state index in [9.17, 15) is 4.79 Å². The van der Waals surface area contributed by atoms with E-state index >= 15 is 0 Å². The molecule has 0 aliphatic rings. The van der Waals surface area contributed by atoms with Crippen molar-refractivity contribution in [3.8, 4) is 11.5 Å². The molecule has 0 saturated heterocycles. The number of nitrogens with zero attached hydrogens (tertiary/aromatic N) is 2. The van der Waals surface area contributed by atoms with E-state index in [2.05, 4.69) is 20.6 Å². The fourth-order valence-corrected chi connectivity index (χ4v) is 3.23. The van der Waals surface area contributed by atoms with Crippen molar-refractivity contribution >= 4 is 22.5 Å². The SMILES string of the molecule is CNc1ccc2c(Oc3cccc(C(=O)NCc4ccncc4)c3C)ccnc2c1. The van der Waals surface area contributed by atoms with Gasteiger partial charge < -0.3 is 15.4 Å². The summed E-state index contributed by atoms with van der Waals surface area (Å²) in [7, 11) is 1.87. The zero-order chi connectivity index (χ0) is 20.9. The Balaban J connectivity index is 1.57. The number of benzene rings is 2. The third-order valence-corrected chi connectivity index (χ3v) is 4.94. The molecule has 150 valence electrons. The van der Waals surface area contributed by atoms with Gasteiger partial charge in [0.2, 0.25) is 0 Å². The van der Waals surface area contributed by atoms with Crippen molar-refractivity contribution in [2.75, 3.05) is 12.4 Å². The number of hydrogen-bond acceptors (Lipinski definition) is 5. The summed E-state index contributed by atoms with van der Waals surface area (Å²) in [6.07, 6.45) is 5.14. The van der Waals surface area contributed by atoms with Gasteiger partial charge in [-0.1, -0.05) is 6.07 Å². The molecule has 2 aromatic heterocycles. The van der Waals surface area contributed by atoms with Gasteiger partial charge in [-0.15, -0.1) is 0 Å². The molecule has 2 heterocycles. The first kappa shape index (κ1) is 19.4. The van der Waals surface area contributed by atoms with Crippen molar-refractivity contribution in [2.24, 2.45) is 0 Å². The number of aromatic nitrogens is 2. The normalized spacial score (nSPS) is 10.6. The van der Waals surface area contributed by atoms with Gasteiger partial charge in [-0.25, -0.2) is 0 Å². The van der Waals surface area contributed by atoms with E-state index in [1.165, 1.54) is 0 Å². The number of pyridine rings is 2. The summed E-state index contributed by atoms with van der Waals surface area (Å²) in [5, 5.41) is 6.97. The second-order valence-electron chi connectivity index (χ2n) is 6.86. The Morgan fingerprint density at radius 1 is 1.00 bits per heavy atom. The summed E-state index contributed by atoms with van der Waals surface area (Å²) in [6.45, 7) is 2.33. The number of hydrogen-bond donors (Lipinski definition) is 2. The number of ether oxygens (including phenoxy) is 1. The van der Waals surface area contributed by atoms with Gasteiger partial charge in [0.25, 0.3) is 5.91 Å². The van der Waals surface area contributed by atoms with Crippen molar-refractivity contribution in [1.82, 2.24) is 15.3 Å². The van der Waals surface area contributed by atoms with Crippen LogP contribution in [0.5, 0.6) is 11.5 Å². The molecule has 6 heteroatoms. The minimum absolute atomic E-state index is 0.145. The van der Waals surface area contributed by atoms with Gasteiger partial charge in [0.05, 0.1) is 5.52 Å². The highest BCUT2D eigenvalue weighted by atomic mass is 16.5. The molecule has 0 bridgehead atoms. The first-order valence-corrected chi connectivity index (χ1v) is 9.67. The van der Waals surface area contributed by atoms with Crippen molar-refractivity contribution in [3.63, 3.8) is 0 Å². The number of carbonyl (C=O) groups excluding carboxylic acids is 1. The quantitative estimate of drug-likeness (QED) is 0.492. The Labute approximate surface area is 175 Å². The lowest BCUT2D eigenvalue weighted by Gasteiger charge is -2.14. The van der Waals surface area contributed by atoms with Crippen LogP contribution in [0.1, 0.15) is 21.5 Å². The standard InChI is InChI=1S/C24H22N4O2/c1-16-19(24(29)28-15-17-8-11-26-12-9-17)4-3-5-22(16)30-23-10-13-27-21-14-18(25-2)6-7-20(21)23/h3-14,25H,15H2,1-2H3,(H,28,29). The van der Waals surface area contributed by atoms with E-state index in [0.717, 1.165) is 27.7 Å². The molecule has 0 saturated carbocycles. The van der Waals surface area contributed by atoms with Crippen molar-refractivity contribution in [3.05, 3.63) is 89.9 Å². The summed E-state index contributed by atoms with van der Waals surface area (Å²) in [6, 6.07) is 17.0. The van der Waals surface area contributed by atoms with Gasteiger partial charge >= 0.3 is 0 Å². The van der Waals surface area contributed by atoms with Crippen molar-refractivity contribution in [1.29, 1.82) is 0 Å². The molecule has 4 rings (SSSR count). The lowest BCUT2D eigenvalue weighted by molar-refractivity contribution is 0.0950. The van der Waals surface area contributed by atoms with Crippen LogP contribution in [0.25, 0.3) is 10.9 Å². The fraction of sp³-hybridized carbons (Fsp3) is 0.125. The summed E-state index contributed by atoms with van der Waals surface area (Å²) < 4.78 is 6.20. The molecular weight excluding hydrogens is 376 g/mol. The topological polar surface area (TPSA) is 76.1 Å². The van der Waals surface area contributed by atoms with E-state index in [0.29, 0.717) is 23.6 Å². The maximum atomic E-state index is 12.7. The molecule has 0 atom stereocenters. The van der Waals surface area contributed by atoms with E-state index in [4.69, 9.17) is 4.74 Å². The van der Waals surface area contributed by atoms with Crippen LogP contribution in [0.2, 0.25) is 0 Å². The van der Waals surface area contributed by atoms with Crippen LogP contribution < -0.4 is 15.4 Å². The minimum atomic E-state index is -0.145. The van der Waals surface area contributed by atoms with Gasteiger partial charge in [-0.05, 0) is 61.0 Å². The summed E-state index contributed by atoms with van der Waals surface area (Å²) in [4.78, 5) is 21.1. The largest absolute Gasteiger partial charge is 0.456 e. The molecule has 1 amide bonds. The second kappa shape index (κ2) is 8.61. The second-order valence-corrected chi connectivity index (χ2v) is 6.86. The Bertz CT molecular complexity index is 1190. The molecule has 0 spiro atoms. The van der Waals surface area contributed by atoms with Crippen LogP contribution in [0.3, 0.4) is 0 Å². The predicted octanol–water partition coefficient (Wildman–Crippen LogP) is 4.70. The highest BCUT2D eigenvalue weighted by Gasteiger charge is 2.14. The maximum Gasteiger partial charge on any atom is 0.251 e. The molecule has 2 N–H and O–H groups in total. The molecule has 6 nitrogen and oxygen atoms in total. The first-order chi connectivity index (χ1) is 14.7. The Kier molecular flexibility index (Phi) is 5.57. The van der Waals surface area contributed by atoms with Gasteiger partial charge in [-0.3, -0.25) is 14.8 Å². The van der Waals surface area contributed by atoms with Gasteiger partial charge in [-0.2, -0.15) is 0 Å². The van der Waals surface area contributed by atoms with E-state index in [1.54, 1.807) is 24.7 Å². The molecule has 2 aromatic carbocycles.